The van der Waals surface area contributed by atoms with E-state index < -0.39 is 5.97 Å². The van der Waals surface area contributed by atoms with Crippen LogP contribution in [0, 0.1) is 11.8 Å². The van der Waals surface area contributed by atoms with Crippen LogP contribution in [-0.2, 0) is 9.59 Å². The Morgan fingerprint density at radius 2 is 1.91 bits per heavy atom. The van der Waals surface area contributed by atoms with Crippen LogP contribution in [0.25, 0.3) is 6.08 Å². The molecule has 8 heteroatoms. The van der Waals surface area contributed by atoms with Crippen molar-refractivity contribution in [1.82, 2.24) is 5.32 Å². The summed E-state index contributed by atoms with van der Waals surface area (Å²) in [7, 11) is 1.56. The molecule has 1 heterocycles. The zero-order chi connectivity index (χ0) is 24.1. The van der Waals surface area contributed by atoms with Crippen LogP contribution in [0.1, 0.15) is 41.6 Å². The Morgan fingerprint density at radius 1 is 1.15 bits per heavy atom. The second-order valence-corrected chi connectivity index (χ2v) is 8.49. The number of nitrogens with one attached hydrogen (secondary N) is 1. The molecule has 178 valence electrons. The quantitative estimate of drug-likeness (QED) is 0.572. The number of para-hydroxylation sites is 1. The van der Waals surface area contributed by atoms with Gasteiger partial charge >= 0.3 is 5.97 Å². The number of rotatable bonds is 8. The summed E-state index contributed by atoms with van der Waals surface area (Å²) in [5.41, 5.74) is 1.15. The lowest BCUT2D eigenvalue weighted by Crippen LogP contribution is -2.35. The maximum Gasteiger partial charge on any atom is 0.306 e. The standard InChI is InChI=1S/C26H27NO7/c1-32-21-5-3-2-4-18(21)12-23-25(29)20-11-10-19(13-22(20)34-23)33-15-24(28)27-14-16-6-8-17(9-7-16)26(30)31/h2-5,10-13,16-17H,6-9,14-15H2,1H3,(H,27,28)(H,30,31). The predicted molar refractivity (Wildman–Crippen MR) is 124 cm³/mol. The van der Waals surface area contributed by atoms with Crippen LogP contribution in [0.2, 0.25) is 0 Å². The van der Waals surface area contributed by atoms with Crippen molar-refractivity contribution in [1.29, 1.82) is 0 Å². The Morgan fingerprint density at radius 3 is 2.65 bits per heavy atom. The van der Waals surface area contributed by atoms with E-state index in [1.807, 2.05) is 18.2 Å². The number of aliphatic carboxylic acids is 1. The summed E-state index contributed by atoms with van der Waals surface area (Å²) in [5, 5.41) is 11.9. The first-order valence-electron chi connectivity index (χ1n) is 11.3. The van der Waals surface area contributed by atoms with Gasteiger partial charge in [0, 0.05) is 18.2 Å². The van der Waals surface area contributed by atoms with Gasteiger partial charge < -0.3 is 24.6 Å². The number of fused-ring (bicyclic) bond motifs is 1. The molecule has 1 aliphatic heterocycles. The topological polar surface area (TPSA) is 111 Å². The molecule has 2 aliphatic rings. The van der Waals surface area contributed by atoms with Crippen LogP contribution < -0.4 is 19.5 Å². The Kier molecular flexibility index (Phi) is 7.15. The van der Waals surface area contributed by atoms with E-state index in [9.17, 15) is 14.4 Å². The van der Waals surface area contributed by atoms with Crippen LogP contribution in [0.4, 0.5) is 0 Å². The van der Waals surface area contributed by atoms with E-state index >= 15 is 0 Å². The number of hydrogen-bond acceptors (Lipinski definition) is 6. The summed E-state index contributed by atoms with van der Waals surface area (Å²) in [6.45, 7) is 0.342. The van der Waals surface area contributed by atoms with Gasteiger partial charge in [0.15, 0.2) is 12.4 Å². The lowest BCUT2D eigenvalue weighted by Gasteiger charge is -2.26. The van der Waals surface area contributed by atoms with Gasteiger partial charge in [-0.1, -0.05) is 18.2 Å². The smallest absolute Gasteiger partial charge is 0.306 e. The number of carboxylic acids is 1. The van der Waals surface area contributed by atoms with E-state index in [-0.39, 0.29) is 35.9 Å². The maximum atomic E-state index is 12.7. The zero-order valence-corrected chi connectivity index (χ0v) is 18.9. The summed E-state index contributed by atoms with van der Waals surface area (Å²) in [5.74, 6) is 0.401. The molecular weight excluding hydrogens is 438 g/mol. The third kappa shape index (κ3) is 5.39. The van der Waals surface area contributed by atoms with Crippen molar-refractivity contribution in [2.45, 2.75) is 25.7 Å². The lowest BCUT2D eigenvalue weighted by molar-refractivity contribution is -0.143. The first-order valence-corrected chi connectivity index (χ1v) is 11.3. The summed E-state index contributed by atoms with van der Waals surface area (Å²) < 4.78 is 16.7. The minimum absolute atomic E-state index is 0.166. The number of Topliss-reactive ketones (excluding diaryl/α,β-unsaturated/α-hetero) is 1. The zero-order valence-electron chi connectivity index (χ0n) is 18.9. The lowest BCUT2D eigenvalue weighted by atomic mass is 9.82. The van der Waals surface area contributed by atoms with Crippen LogP contribution in [-0.4, -0.2) is 43.0 Å². The van der Waals surface area contributed by atoms with Gasteiger partial charge in [0.25, 0.3) is 5.91 Å². The van der Waals surface area contributed by atoms with Gasteiger partial charge in [-0.3, -0.25) is 14.4 Å². The van der Waals surface area contributed by atoms with E-state index in [2.05, 4.69) is 5.32 Å². The summed E-state index contributed by atoms with van der Waals surface area (Å²) >= 11 is 0. The molecule has 34 heavy (non-hydrogen) atoms. The Bertz CT molecular complexity index is 1120. The third-order valence-electron chi connectivity index (χ3n) is 6.22. The molecule has 2 N–H and O–H groups in total. The number of carbonyl (C=O) groups is 3. The van der Waals surface area contributed by atoms with Crippen molar-refractivity contribution in [3.63, 3.8) is 0 Å². The molecule has 8 nitrogen and oxygen atoms in total. The number of methoxy groups -OCH3 is 1. The number of hydrogen-bond donors (Lipinski definition) is 2. The van der Waals surface area contributed by atoms with Crippen molar-refractivity contribution in [3.8, 4) is 17.2 Å². The van der Waals surface area contributed by atoms with Gasteiger partial charge in [0.2, 0.25) is 5.78 Å². The van der Waals surface area contributed by atoms with Gasteiger partial charge in [-0.15, -0.1) is 0 Å². The molecule has 0 radical (unpaired) electrons. The number of allylic oxidation sites excluding steroid dienone is 1. The Labute approximate surface area is 197 Å². The van der Waals surface area contributed by atoms with Gasteiger partial charge in [0.1, 0.15) is 17.2 Å². The second-order valence-electron chi connectivity index (χ2n) is 8.49. The van der Waals surface area contributed by atoms with Gasteiger partial charge in [0.05, 0.1) is 18.6 Å². The molecule has 2 aromatic carbocycles. The van der Waals surface area contributed by atoms with Crippen molar-refractivity contribution in [2.24, 2.45) is 11.8 Å². The SMILES string of the molecule is COc1ccccc1C=C1Oc2cc(OCC(=O)NCC3CCC(C(=O)O)CC3)ccc2C1=O. The molecule has 1 saturated carbocycles. The molecule has 1 aliphatic carbocycles. The van der Waals surface area contributed by atoms with Gasteiger partial charge in [-0.2, -0.15) is 0 Å². The third-order valence-corrected chi connectivity index (χ3v) is 6.22. The molecule has 0 spiro atoms. The number of carbonyl (C=O) groups excluding carboxylic acids is 2. The van der Waals surface area contributed by atoms with E-state index in [4.69, 9.17) is 19.3 Å². The number of carboxylic acid groups (broad SMARTS) is 1. The normalized spacial score (nSPS) is 20.4. The highest BCUT2D eigenvalue weighted by Crippen LogP contribution is 2.35. The van der Waals surface area contributed by atoms with Crippen molar-refractivity contribution in [3.05, 3.63) is 59.4 Å². The number of amides is 1. The minimum Gasteiger partial charge on any atom is -0.496 e. The van der Waals surface area contributed by atoms with Crippen molar-refractivity contribution >= 4 is 23.7 Å². The molecular formula is C26H27NO7. The van der Waals surface area contributed by atoms with Crippen LogP contribution in [0.3, 0.4) is 0 Å². The first-order chi connectivity index (χ1) is 16.4. The highest BCUT2D eigenvalue weighted by molar-refractivity contribution is 6.14. The number of benzene rings is 2. The highest BCUT2D eigenvalue weighted by atomic mass is 16.5. The first kappa shape index (κ1) is 23.4. The second kappa shape index (κ2) is 10.4. The molecule has 0 bridgehead atoms. The number of ether oxygens (including phenoxy) is 3. The van der Waals surface area contributed by atoms with E-state index in [1.54, 1.807) is 37.5 Å². The molecule has 1 fully saturated rings. The molecule has 0 atom stereocenters. The molecule has 4 rings (SSSR count). The minimum atomic E-state index is -0.738. The summed E-state index contributed by atoms with van der Waals surface area (Å²) in [6, 6.07) is 12.2. The monoisotopic (exact) mass is 465 g/mol. The van der Waals surface area contributed by atoms with E-state index in [0.717, 1.165) is 18.4 Å². The Hall–Kier alpha value is -3.81. The maximum absolute atomic E-state index is 12.7. The van der Waals surface area contributed by atoms with Gasteiger partial charge in [-0.05, 0) is 55.9 Å². The fraction of sp³-hybridized carbons (Fsp3) is 0.346. The largest absolute Gasteiger partial charge is 0.496 e. The summed E-state index contributed by atoms with van der Waals surface area (Å²) in [4.78, 5) is 35.9. The van der Waals surface area contributed by atoms with Gasteiger partial charge in [-0.25, -0.2) is 0 Å². The fourth-order valence-electron chi connectivity index (χ4n) is 4.26. The van der Waals surface area contributed by atoms with Crippen LogP contribution in [0.15, 0.2) is 48.2 Å². The highest BCUT2D eigenvalue weighted by Gasteiger charge is 2.28. The van der Waals surface area contributed by atoms with Crippen LogP contribution in [0.5, 0.6) is 17.2 Å². The molecule has 2 aromatic rings. The number of ketones is 1. The average molecular weight is 466 g/mol. The molecule has 1 amide bonds. The van der Waals surface area contributed by atoms with Crippen molar-refractivity contribution < 1.29 is 33.7 Å². The summed E-state index contributed by atoms with van der Waals surface area (Å²) in [6.07, 6.45) is 4.51. The average Bonchev–Trinajstić information content (AvgIpc) is 3.16. The fourth-order valence-corrected chi connectivity index (χ4v) is 4.26. The molecule has 0 unspecified atom stereocenters. The predicted octanol–water partition coefficient (Wildman–Crippen LogP) is 3.70. The van der Waals surface area contributed by atoms with Crippen LogP contribution >= 0.6 is 0 Å². The van der Waals surface area contributed by atoms with E-state index in [0.29, 0.717) is 42.2 Å². The van der Waals surface area contributed by atoms with Crippen molar-refractivity contribution in [2.75, 3.05) is 20.3 Å². The molecule has 0 saturated heterocycles. The van der Waals surface area contributed by atoms with E-state index in [1.165, 1.54) is 0 Å². The molecule has 0 aromatic heterocycles. The Balaban J connectivity index is 1.29.